The summed E-state index contributed by atoms with van der Waals surface area (Å²) in [5.41, 5.74) is 3.55. The molecule has 30 heavy (non-hydrogen) atoms. The Hall–Kier alpha value is -2.87. The monoisotopic (exact) mass is 427 g/mol. The van der Waals surface area contributed by atoms with Crippen molar-refractivity contribution in [2.24, 2.45) is 0 Å². The second kappa shape index (κ2) is 9.30. The molecule has 3 heterocycles. The van der Waals surface area contributed by atoms with Crippen molar-refractivity contribution < 1.29 is 18.8 Å². The quantitative estimate of drug-likeness (QED) is 0.292. The molecule has 3 aromatic heterocycles. The van der Waals surface area contributed by atoms with Crippen molar-refractivity contribution in [3.63, 3.8) is 0 Å². The largest absolute Gasteiger partial charge is 0.454 e. The molecule has 8 heteroatoms. The maximum absolute atomic E-state index is 12.7. The van der Waals surface area contributed by atoms with E-state index in [4.69, 9.17) is 9.26 Å². The molecule has 0 atom stereocenters. The van der Waals surface area contributed by atoms with Crippen LogP contribution >= 0.6 is 11.8 Å². The number of hydrogen-bond acceptors (Lipinski definition) is 7. The van der Waals surface area contributed by atoms with Crippen molar-refractivity contribution in [1.82, 2.24) is 14.7 Å². The molecule has 3 rings (SSSR count). The van der Waals surface area contributed by atoms with Crippen LogP contribution in [0, 0.1) is 20.8 Å². The molecular weight excluding hydrogens is 402 g/mol. The zero-order chi connectivity index (χ0) is 21.8. The summed E-state index contributed by atoms with van der Waals surface area (Å²) < 4.78 is 12.5. The lowest BCUT2D eigenvalue weighted by molar-refractivity contribution is 0.0470. The molecule has 0 radical (unpaired) electrons. The lowest BCUT2D eigenvalue weighted by Crippen LogP contribution is -2.16. The molecule has 0 aliphatic carbocycles. The second-order valence-corrected chi connectivity index (χ2v) is 8.29. The van der Waals surface area contributed by atoms with Gasteiger partial charge in [-0.05, 0) is 52.8 Å². The zero-order valence-electron chi connectivity index (χ0n) is 17.8. The molecule has 0 saturated carbocycles. The predicted octanol–water partition coefficient (Wildman–Crippen LogP) is 4.71. The number of hydrogen-bond donors (Lipinski definition) is 0. The van der Waals surface area contributed by atoms with Gasteiger partial charge < -0.3 is 13.8 Å². The summed E-state index contributed by atoms with van der Waals surface area (Å²) in [5.74, 6) is 0.434. The summed E-state index contributed by atoms with van der Waals surface area (Å²) in [6.07, 6.45) is 1.61. The van der Waals surface area contributed by atoms with Crippen molar-refractivity contribution in [3.8, 4) is 0 Å². The van der Waals surface area contributed by atoms with Gasteiger partial charge in [0.15, 0.2) is 6.61 Å². The van der Waals surface area contributed by atoms with E-state index in [0.717, 1.165) is 22.8 Å². The first-order chi connectivity index (χ1) is 14.3. The molecule has 0 spiro atoms. The number of pyridine rings is 1. The molecule has 0 bridgehead atoms. The maximum Gasteiger partial charge on any atom is 0.341 e. The van der Waals surface area contributed by atoms with Crippen LogP contribution in [0.4, 0.5) is 0 Å². The summed E-state index contributed by atoms with van der Waals surface area (Å²) in [5, 5.41) is 4.46. The number of ether oxygens (including phenoxy) is 1. The van der Waals surface area contributed by atoms with E-state index in [1.54, 1.807) is 18.3 Å². The predicted molar refractivity (Wildman–Crippen MR) is 114 cm³/mol. The van der Waals surface area contributed by atoms with Crippen LogP contribution in [0.5, 0.6) is 0 Å². The topological polar surface area (TPSA) is 87.2 Å². The van der Waals surface area contributed by atoms with Gasteiger partial charge in [0.25, 0.3) is 0 Å². The number of esters is 1. The minimum absolute atomic E-state index is 0.223. The molecule has 0 aromatic carbocycles. The highest BCUT2D eigenvalue weighted by molar-refractivity contribution is 7.98. The van der Waals surface area contributed by atoms with Crippen LogP contribution in [0.15, 0.2) is 40.0 Å². The van der Waals surface area contributed by atoms with E-state index in [-0.39, 0.29) is 18.4 Å². The fraction of sp³-hybridized carbons (Fsp3) is 0.364. The van der Waals surface area contributed by atoms with Crippen LogP contribution in [0.1, 0.15) is 63.4 Å². The normalized spacial score (nSPS) is 11.1. The van der Waals surface area contributed by atoms with Crippen molar-refractivity contribution in [2.45, 2.75) is 51.4 Å². The highest BCUT2D eigenvalue weighted by Gasteiger charge is 2.20. The molecule has 7 nitrogen and oxygen atoms in total. The van der Waals surface area contributed by atoms with Crippen molar-refractivity contribution >= 4 is 23.5 Å². The molecule has 0 amide bonds. The summed E-state index contributed by atoms with van der Waals surface area (Å²) in [6, 6.07) is 7.23. The minimum atomic E-state index is -0.576. The number of ketones is 1. The van der Waals surface area contributed by atoms with Crippen LogP contribution in [-0.2, 0) is 10.5 Å². The van der Waals surface area contributed by atoms with Crippen molar-refractivity contribution in [1.29, 1.82) is 0 Å². The number of carbonyl (C=O) groups is 2. The van der Waals surface area contributed by atoms with Crippen LogP contribution in [0.3, 0.4) is 0 Å². The number of thioether (sulfide) groups is 1. The Morgan fingerprint density at radius 1 is 1.20 bits per heavy atom. The molecule has 0 saturated heterocycles. The minimum Gasteiger partial charge on any atom is -0.454 e. The van der Waals surface area contributed by atoms with Crippen molar-refractivity contribution in [2.75, 3.05) is 6.61 Å². The number of Topliss-reactive ketones (excluding diaryl/α,β-unsaturated/α-hetero) is 1. The molecule has 0 unspecified atom stereocenters. The Kier molecular flexibility index (Phi) is 6.77. The maximum atomic E-state index is 12.7. The van der Waals surface area contributed by atoms with Crippen LogP contribution in [0.25, 0.3) is 0 Å². The fourth-order valence-electron chi connectivity index (χ4n) is 3.43. The van der Waals surface area contributed by atoms with Gasteiger partial charge in [0, 0.05) is 41.0 Å². The first kappa shape index (κ1) is 21.8. The van der Waals surface area contributed by atoms with Gasteiger partial charge in [0.2, 0.25) is 5.78 Å². The van der Waals surface area contributed by atoms with Crippen LogP contribution in [0.2, 0.25) is 0 Å². The van der Waals surface area contributed by atoms with Gasteiger partial charge >= 0.3 is 5.97 Å². The molecule has 0 N–H and O–H groups in total. The van der Waals surface area contributed by atoms with Gasteiger partial charge in [-0.25, -0.2) is 9.78 Å². The summed E-state index contributed by atoms with van der Waals surface area (Å²) in [6.45, 7) is 9.50. The molecule has 0 aliphatic heterocycles. The molecule has 0 aliphatic rings. The fourth-order valence-corrected chi connectivity index (χ4v) is 4.29. The number of nitrogens with zero attached hydrogens (tertiary/aromatic N) is 3. The van der Waals surface area contributed by atoms with Crippen LogP contribution < -0.4 is 0 Å². The SMILES string of the molecule is Cc1cc(CSc2ncccc2C(=O)OCC(=O)c2cc(C)n(C(C)C)c2C)no1. The number of rotatable bonds is 8. The summed E-state index contributed by atoms with van der Waals surface area (Å²) >= 11 is 1.36. The Morgan fingerprint density at radius 2 is 1.97 bits per heavy atom. The summed E-state index contributed by atoms with van der Waals surface area (Å²) in [7, 11) is 0. The third-order valence-corrected chi connectivity index (χ3v) is 5.70. The standard InChI is InChI=1S/C22H25N3O4S/c1-13(2)25-14(3)9-19(16(25)5)20(26)11-28-22(27)18-7-6-8-23-21(18)30-12-17-10-15(4)29-24-17/h6-10,13H,11-12H2,1-5H3. The average Bonchev–Trinajstić information content (AvgIpc) is 3.26. The van der Waals surface area contributed by atoms with Gasteiger partial charge in [-0.3, -0.25) is 4.79 Å². The number of carbonyl (C=O) groups excluding carboxylic acids is 2. The second-order valence-electron chi connectivity index (χ2n) is 7.32. The van der Waals surface area contributed by atoms with Gasteiger partial charge in [0.1, 0.15) is 10.8 Å². The molecular formula is C22H25N3O4S. The van der Waals surface area contributed by atoms with Gasteiger partial charge in [0.05, 0.1) is 11.3 Å². The first-order valence-electron chi connectivity index (χ1n) is 9.66. The van der Waals surface area contributed by atoms with Crippen LogP contribution in [-0.4, -0.2) is 33.1 Å². The zero-order valence-corrected chi connectivity index (χ0v) is 18.6. The van der Waals surface area contributed by atoms with Gasteiger partial charge in [-0.2, -0.15) is 0 Å². The Morgan fingerprint density at radius 3 is 2.60 bits per heavy atom. The highest BCUT2D eigenvalue weighted by atomic mass is 32.2. The third kappa shape index (κ3) is 4.81. The van der Waals surface area contributed by atoms with E-state index in [2.05, 4.69) is 28.6 Å². The van der Waals surface area contributed by atoms with E-state index in [9.17, 15) is 9.59 Å². The van der Waals surface area contributed by atoms with Gasteiger partial charge in [-0.15, -0.1) is 0 Å². The molecule has 158 valence electrons. The average molecular weight is 428 g/mol. The number of aromatic nitrogens is 3. The van der Waals surface area contributed by atoms with E-state index in [1.807, 2.05) is 32.9 Å². The van der Waals surface area contributed by atoms with E-state index >= 15 is 0 Å². The Balaban J connectivity index is 1.67. The number of aryl methyl sites for hydroxylation is 2. The first-order valence-corrected chi connectivity index (χ1v) is 10.6. The highest BCUT2D eigenvalue weighted by Crippen LogP contribution is 2.25. The van der Waals surface area contributed by atoms with Gasteiger partial charge in [-0.1, -0.05) is 16.9 Å². The Labute approximate surface area is 179 Å². The third-order valence-electron chi connectivity index (χ3n) is 4.66. The van der Waals surface area contributed by atoms with Crippen molar-refractivity contribution in [3.05, 3.63) is 64.4 Å². The lowest BCUT2D eigenvalue weighted by atomic mass is 10.1. The summed E-state index contributed by atoms with van der Waals surface area (Å²) in [4.78, 5) is 29.5. The van der Waals surface area contributed by atoms with E-state index in [0.29, 0.717) is 21.9 Å². The molecule has 3 aromatic rings. The molecule has 0 fully saturated rings. The smallest absolute Gasteiger partial charge is 0.341 e. The van der Waals surface area contributed by atoms with E-state index in [1.165, 1.54) is 11.8 Å². The van der Waals surface area contributed by atoms with E-state index < -0.39 is 5.97 Å². The lowest BCUT2D eigenvalue weighted by Gasteiger charge is -2.13. The Bertz CT molecular complexity index is 1070.